The quantitative estimate of drug-likeness (QED) is 0.484. The Morgan fingerprint density at radius 2 is 1.81 bits per heavy atom. The highest BCUT2D eigenvalue weighted by molar-refractivity contribution is 5.83. The van der Waals surface area contributed by atoms with Crippen LogP contribution in [0.1, 0.15) is 42.0 Å². The number of amides is 1. The minimum Gasteiger partial charge on any atom is -0.365 e. The maximum absolute atomic E-state index is 14.0. The fraction of sp³-hybridized carbons (Fsp3) is 0.379. The second kappa shape index (κ2) is 10.6. The van der Waals surface area contributed by atoms with Crippen LogP contribution in [0.25, 0.3) is 0 Å². The number of rotatable bonds is 7. The lowest BCUT2D eigenvalue weighted by Gasteiger charge is -2.39. The number of hydrogen-bond donors (Lipinski definition) is 0. The number of likely N-dealkylation sites (N-methyl/N-ethyl adjacent to an activating group) is 1. The Morgan fingerprint density at radius 1 is 1.05 bits per heavy atom. The highest BCUT2D eigenvalue weighted by Crippen LogP contribution is 2.43. The molecule has 0 bridgehead atoms. The lowest BCUT2D eigenvalue weighted by molar-refractivity contribution is -0.132. The summed E-state index contributed by atoms with van der Waals surface area (Å²) in [5.74, 6) is -2.41. The average Bonchev–Trinajstić information content (AvgIpc) is 3.26. The molecule has 1 amide bonds. The average molecular weight is 508 g/mol. The number of carbonyl (C=O) groups excluding carboxylic acids is 1. The van der Waals surface area contributed by atoms with Gasteiger partial charge in [-0.2, -0.15) is 0 Å². The molecule has 1 unspecified atom stereocenters. The second-order valence-electron chi connectivity index (χ2n) is 9.92. The number of hydrogen-bond acceptors (Lipinski definition) is 4. The molecule has 5 rings (SSSR count). The summed E-state index contributed by atoms with van der Waals surface area (Å²) in [6, 6.07) is 15.2. The van der Waals surface area contributed by atoms with Crippen molar-refractivity contribution >= 4 is 5.91 Å². The maximum atomic E-state index is 14.0. The third-order valence-electron chi connectivity index (χ3n) is 7.64. The Kier molecular flexibility index (Phi) is 7.22. The highest BCUT2D eigenvalue weighted by atomic mass is 19.2. The topological polar surface area (TPSA) is 54.8 Å². The van der Waals surface area contributed by atoms with E-state index in [1.165, 1.54) is 34.0 Å². The summed E-state index contributed by atoms with van der Waals surface area (Å²) >= 11 is 0. The fourth-order valence-corrected chi connectivity index (χ4v) is 5.54. The second-order valence-corrected chi connectivity index (χ2v) is 9.92. The number of nitrogens with zero attached hydrogens (tertiary/aromatic N) is 3. The third kappa shape index (κ3) is 5.08. The molecule has 0 N–H and O–H groups in total. The van der Waals surface area contributed by atoms with Crippen LogP contribution in [0, 0.1) is 11.6 Å². The molecule has 1 aromatic heterocycles. The van der Waals surface area contributed by atoms with Crippen LogP contribution in [0.4, 0.5) is 8.78 Å². The first kappa shape index (κ1) is 25.3. The maximum Gasteiger partial charge on any atom is 0.251 e. The van der Waals surface area contributed by atoms with E-state index in [2.05, 4.69) is 29.2 Å². The van der Waals surface area contributed by atoms with Gasteiger partial charge in [0.1, 0.15) is 6.04 Å². The van der Waals surface area contributed by atoms with Crippen molar-refractivity contribution in [2.45, 2.75) is 37.5 Å². The molecule has 1 fully saturated rings. The first-order valence-corrected chi connectivity index (χ1v) is 12.7. The fourth-order valence-electron chi connectivity index (χ4n) is 5.54. The lowest BCUT2D eigenvalue weighted by atomic mass is 9.84. The zero-order valence-electron chi connectivity index (χ0n) is 20.9. The van der Waals surface area contributed by atoms with E-state index in [1.807, 2.05) is 0 Å². The smallest absolute Gasteiger partial charge is 0.251 e. The first-order chi connectivity index (χ1) is 17.9. The normalized spacial score (nSPS) is 17.5. The zero-order valence-corrected chi connectivity index (χ0v) is 20.9. The Balaban J connectivity index is 1.21. The molecule has 1 saturated heterocycles. The molecular formula is C29H31F2N3O3. The molecule has 194 valence electrons. The standard InChI is InChI=1S/C29H31F2N3O3/c1-32(14-6-15-33-17-12-29(13-18-33)23-8-3-2-7-22(23)20-37-29)28(36)27(34-16-5-4-9-26(34)35)21-10-11-24(30)25(31)19-21/h2-5,7-11,16,19,27H,6,12-15,17-18,20H2,1H3. The summed E-state index contributed by atoms with van der Waals surface area (Å²) < 4.78 is 35.1. The number of likely N-dealkylation sites (tertiary alicyclic amines) is 1. The number of fused-ring (bicyclic) bond motifs is 2. The summed E-state index contributed by atoms with van der Waals surface area (Å²) in [6.07, 6.45) is 4.12. The number of ether oxygens (including phenoxy) is 1. The van der Waals surface area contributed by atoms with Crippen molar-refractivity contribution in [2.24, 2.45) is 0 Å². The van der Waals surface area contributed by atoms with Gasteiger partial charge in [-0.1, -0.05) is 36.4 Å². The Labute approximate surface area is 215 Å². The molecule has 2 aliphatic rings. The summed E-state index contributed by atoms with van der Waals surface area (Å²) in [6.45, 7) is 3.82. The molecule has 2 aliphatic heterocycles. The van der Waals surface area contributed by atoms with Crippen molar-refractivity contribution in [1.82, 2.24) is 14.4 Å². The van der Waals surface area contributed by atoms with Crippen LogP contribution in [-0.2, 0) is 21.7 Å². The van der Waals surface area contributed by atoms with Crippen molar-refractivity contribution in [3.63, 3.8) is 0 Å². The van der Waals surface area contributed by atoms with Gasteiger partial charge in [0, 0.05) is 38.9 Å². The van der Waals surface area contributed by atoms with Crippen molar-refractivity contribution in [3.8, 4) is 0 Å². The molecule has 6 nitrogen and oxygen atoms in total. The van der Waals surface area contributed by atoms with E-state index in [0.29, 0.717) is 13.2 Å². The van der Waals surface area contributed by atoms with E-state index in [4.69, 9.17) is 4.74 Å². The van der Waals surface area contributed by atoms with Crippen LogP contribution < -0.4 is 5.56 Å². The van der Waals surface area contributed by atoms with Crippen LogP contribution >= 0.6 is 0 Å². The molecule has 3 aromatic rings. The summed E-state index contributed by atoms with van der Waals surface area (Å²) in [4.78, 5) is 30.0. The predicted molar refractivity (Wildman–Crippen MR) is 136 cm³/mol. The van der Waals surface area contributed by atoms with Gasteiger partial charge in [0.15, 0.2) is 11.6 Å². The lowest BCUT2D eigenvalue weighted by Crippen LogP contribution is -2.44. The molecule has 0 saturated carbocycles. The zero-order chi connectivity index (χ0) is 26.0. The number of aromatic nitrogens is 1. The number of benzene rings is 2. The van der Waals surface area contributed by atoms with Gasteiger partial charge >= 0.3 is 0 Å². The van der Waals surface area contributed by atoms with Gasteiger partial charge in [-0.05, 0) is 60.7 Å². The van der Waals surface area contributed by atoms with E-state index < -0.39 is 23.2 Å². The van der Waals surface area contributed by atoms with E-state index in [1.54, 1.807) is 24.1 Å². The molecule has 0 radical (unpaired) electrons. The number of carbonyl (C=O) groups is 1. The van der Waals surface area contributed by atoms with Crippen LogP contribution in [-0.4, -0.2) is 53.5 Å². The van der Waals surface area contributed by atoms with E-state index in [-0.39, 0.29) is 17.1 Å². The minimum atomic E-state index is -1.08. The van der Waals surface area contributed by atoms with Crippen molar-refractivity contribution in [3.05, 3.63) is 106 Å². The minimum absolute atomic E-state index is 0.180. The van der Waals surface area contributed by atoms with Crippen LogP contribution in [0.2, 0.25) is 0 Å². The monoisotopic (exact) mass is 507 g/mol. The van der Waals surface area contributed by atoms with Gasteiger partial charge in [0.05, 0.1) is 12.2 Å². The summed E-state index contributed by atoms with van der Waals surface area (Å²) in [5, 5.41) is 0. The predicted octanol–water partition coefficient (Wildman–Crippen LogP) is 4.09. The number of piperidine rings is 1. The van der Waals surface area contributed by atoms with Gasteiger partial charge < -0.3 is 14.5 Å². The van der Waals surface area contributed by atoms with Gasteiger partial charge in [-0.25, -0.2) is 8.78 Å². The van der Waals surface area contributed by atoms with E-state index in [0.717, 1.165) is 51.0 Å². The Bertz CT molecular complexity index is 1330. The Hall–Kier alpha value is -3.36. The van der Waals surface area contributed by atoms with Crippen molar-refractivity contribution in [2.75, 3.05) is 33.2 Å². The molecule has 1 atom stereocenters. The molecule has 3 heterocycles. The SMILES string of the molecule is CN(CCCN1CCC2(CC1)OCc1ccccc12)C(=O)C(c1ccc(F)c(F)c1)n1ccccc1=O. The van der Waals surface area contributed by atoms with Gasteiger partial charge in [-0.3, -0.25) is 14.2 Å². The summed E-state index contributed by atoms with van der Waals surface area (Å²) in [5.41, 5.74) is 2.25. The number of halogens is 2. The van der Waals surface area contributed by atoms with Gasteiger partial charge in [0.25, 0.3) is 5.56 Å². The highest BCUT2D eigenvalue weighted by Gasteiger charge is 2.42. The third-order valence-corrected chi connectivity index (χ3v) is 7.64. The molecular weight excluding hydrogens is 476 g/mol. The van der Waals surface area contributed by atoms with E-state index >= 15 is 0 Å². The van der Waals surface area contributed by atoms with Crippen LogP contribution in [0.15, 0.2) is 71.7 Å². The van der Waals surface area contributed by atoms with Crippen molar-refractivity contribution < 1.29 is 18.3 Å². The Morgan fingerprint density at radius 3 is 2.57 bits per heavy atom. The van der Waals surface area contributed by atoms with Gasteiger partial charge in [-0.15, -0.1) is 0 Å². The van der Waals surface area contributed by atoms with Crippen molar-refractivity contribution in [1.29, 1.82) is 0 Å². The molecule has 8 heteroatoms. The number of pyridine rings is 1. The van der Waals surface area contributed by atoms with Crippen LogP contribution in [0.5, 0.6) is 0 Å². The molecule has 37 heavy (non-hydrogen) atoms. The molecule has 2 aromatic carbocycles. The van der Waals surface area contributed by atoms with E-state index in [9.17, 15) is 18.4 Å². The summed E-state index contributed by atoms with van der Waals surface area (Å²) in [7, 11) is 1.68. The largest absolute Gasteiger partial charge is 0.365 e. The molecule has 1 spiro atoms. The van der Waals surface area contributed by atoms with Gasteiger partial charge in [0.2, 0.25) is 5.91 Å². The van der Waals surface area contributed by atoms with Crippen LogP contribution in [0.3, 0.4) is 0 Å². The molecule has 0 aliphatic carbocycles. The first-order valence-electron chi connectivity index (χ1n) is 12.7.